The van der Waals surface area contributed by atoms with E-state index in [9.17, 15) is 0 Å². The summed E-state index contributed by atoms with van der Waals surface area (Å²) in [5.74, 6) is 0.829. The number of benzene rings is 1. The van der Waals surface area contributed by atoms with E-state index < -0.39 is 0 Å². The van der Waals surface area contributed by atoms with Gasteiger partial charge in [-0.15, -0.1) is 0 Å². The molecular weight excluding hydrogens is 226 g/mol. The molecule has 0 aliphatic carbocycles. The first kappa shape index (κ1) is 11.1. The number of imidazole rings is 1. The van der Waals surface area contributed by atoms with E-state index in [4.69, 9.17) is 0 Å². The van der Waals surface area contributed by atoms with Crippen LogP contribution >= 0.6 is 0 Å². The third kappa shape index (κ3) is 2.10. The van der Waals surface area contributed by atoms with E-state index in [0.717, 1.165) is 22.8 Å². The Kier molecular flexibility index (Phi) is 3.59. The fraction of sp³-hybridized carbons (Fsp3) is 0.182. The smallest absolute Gasteiger partial charge is 0 e. The van der Waals surface area contributed by atoms with Crippen LogP contribution in [0.15, 0.2) is 30.3 Å². The van der Waals surface area contributed by atoms with Gasteiger partial charge in [0.05, 0.1) is 0 Å². The fourth-order valence-electron chi connectivity index (χ4n) is 1.22. The number of hydrogen-bond acceptors (Lipinski definition) is 1. The molecule has 0 amide bonds. The summed E-state index contributed by atoms with van der Waals surface area (Å²) in [6, 6.07) is 10.0. The Morgan fingerprint density at radius 3 is 2.21 bits per heavy atom. The molecule has 2 nitrogen and oxygen atoms in total. The van der Waals surface area contributed by atoms with Crippen molar-refractivity contribution in [3.05, 3.63) is 41.7 Å². The molecule has 0 radical (unpaired) electrons. The van der Waals surface area contributed by atoms with Gasteiger partial charge in [-0.25, -0.2) is 0 Å². The summed E-state index contributed by atoms with van der Waals surface area (Å²) in [4.78, 5) is 8.74. The second kappa shape index (κ2) is 4.52. The van der Waals surface area contributed by atoms with Crippen LogP contribution in [0.4, 0.5) is 0 Å². The molecule has 0 saturated heterocycles. The average Bonchev–Trinajstić information content (AvgIpc) is 2.49. The van der Waals surface area contributed by atoms with Crippen LogP contribution in [-0.2, 0) is 19.5 Å². The summed E-state index contributed by atoms with van der Waals surface area (Å²) in [7, 11) is 0. The van der Waals surface area contributed by atoms with Crippen molar-refractivity contribution in [3.8, 4) is 11.4 Å². The topological polar surface area (TPSA) is 27.0 Å². The molecule has 0 atom stereocenters. The van der Waals surface area contributed by atoms with Gasteiger partial charge in [0.2, 0.25) is 0 Å². The molecule has 0 N–H and O–H groups in total. The number of nitrogens with zero attached hydrogens (tertiary/aromatic N) is 2. The van der Waals surface area contributed by atoms with Gasteiger partial charge in [-0.1, -0.05) is 47.5 Å². The van der Waals surface area contributed by atoms with Crippen molar-refractivity contribution in [2.45, 2.75) is 13.8 Å². The van der Waals surface area contributed by atoms with Crippen LogP contribution < -0.4 is 4.98 Å². The van der Waals surface area contributed by atoms with Crippen LogP contribution in [0.5, 0.6) is 0 Å². The summed E-state index contributed by atoms with van der Waals surface area (Å²) in [6.45, 7) is 3.96. The van der Waals surface area contributed by atoms with Crippen molar-refractivity contribution in [3.63, 3.8) is 0 Å². The van der Waals surface area contributed by atoms with E-state index in [1.165, 1.54) is 0 Å². The first-order chi connectivity index (χ1) is 6.27. The number of rotatable bonds is 1. The van der Waals surface area contributed by atoms with Crippen molar-refractivity contribution < 1.29 is 19.5 Å². The summed E-state index contributed by atoms with van der Waals surface area (Å²) < 4.78 is 0. The molecule has 0 aliphatic heterocycles. The molecule has 0 bridgehead atoms. The van der Waals surface area contributed by atoms with E-state index >= 15 is 0 Å². The Labute approximate surface area is 96.5 Å². The van der Waals surface area contributed by atoms with Crippen LogP contribution in [0.1, 0.15) is 11.4 Å². The van der Waals surface area contributed by atoms with Crippen LogP contribution in [0, 0.1) is 13.8 Å². The Bertz CT molecular complexity index is 387. The zero-order chi connectivity index (χ0) is 9.26. The van der Waals surface area contributed by atoms with Crippen LogP contribution in [0.3, 0.4) is 0 Å². The molecule has 0 unspecified atom stereocenters. The van der Waals surface area contributed by atoms with Crippen molar-refractivity contribution in [1.82, 2.24) is 9.97 Å². The van der Waals surface area contributed by atoms with Gasteiger partial charge in [0.1, 0.15) is 0 Å². The molecule has 3 heteroatoms. The average molecular weight is 237 g/mol. The number of aryl methyl sites for hydroxylation is 2. The van der Waals surface area contributed by atoms with E-state index in [2.05, 4.69) is 9.97 Å². The van der Waals surface area contributed by atoms with Crippen molar-refractivity contribution in [2.75, 3.05) is 0 Å². The predicted octanol–water partition coefficient (Wildman–Crippen LogP) is 2.32. The molecule has 1 heterocycles. The van der Waals surface area contributed by atoms with E-state index in [1.807, 2.05) is 44.2 Å². The Morgan fingerprint density at radius 1 is 1.07 bits per heavy atom. The van der Waals surface area contributed by atoms with Crippen LogP contribution in [-0.4, -0.2) is 4.98 Å². The van der Waals surface area contributed by atoms with Gasteiger partial charge >= 0.3 is 0 Å². The van der Waals surface area contributed by atoms with E-state index in [1.54, 1.807) is 0 Å². The van der Waals surface area contributed by atoms with E-state index in [-0.39, 0.29) is 19.5 Å². The van der Waals surface area contributed by atoms with E-state index in [0.29, 0.717) is 0 Å². The monoisotopic (exact) mass is 235 g/mol. The Balaban J connectivity index is 0.000000980. The minimum absolute atomic E-state index is 0. The summed E-state index contributed by atoms with van der Waals surface area (Å²) in [5, 5.41) is 0. The van der Waals surface area contributed by atoms with Gasteiger partial charge in [-0.2, -0.15) is 0 Å². The number of aromatic nitrogens is 2. The SMILES string of the molecule is Cc1nc(-c2ccccc2)[n-]c1C.[Zn]. The molecule has 68 valence electrons. The fourth-order valence-corrected chi connectivity index (χ4v) is 1.22. The molecule has 2 aromatic rings. The standard InChI is InChI=1S/C11H11N2.Zn/c1-8-9(2)13-11(12-8)10-6-4-3-5-7-10;/h3-7H,1-2H3;/q-1;. The molecule has 14 heavy (non-hydrogen) atoms. The molecule has 0 spiro atoms. The summed E-state index contributed by atoms with van der Waals surface area (Å²) >= 11 is 0. The second-order valence-electron chi connectivity index (χ2n) is 3.08. The summed E-state index contributed by atoms with van der Waals surface area (Å²) in [5.41, 5.74) is 3.11. The maximum Gasteiger partial charge on any atom is 0 e. The predicted molar refractivity (Wildman–Crippen MR) is 52.5 cm³/mol. The van der Waals surface area contributed by atoms with Gasteiger partial charge < -0.3 is 9.97 Å². The minimum atomic E-state index is 0. The molecule has 0 fully saturated rings. The number of hydrogen-bond donors (Lipinski definition) is 0. The maximum atomic E-state index is 4.37. The molecule has 1 aromatic carbocycles. The van der Waals surface area contributed by atoms with Gasteiger partial charge in [-0.05, 0) is 19.4 Å². The zero-order valence-corrected chi connectivity index (χ0v) is 11.5. The second-order valence-corrected chi connectivity index (χ2v) is 3.08. The third-order valence-corrected chi connectivity index (χ3v) is 2.10. The normalized spacial score (nSPS) is 9.57. The molecular formula is C11H11N2Zn-. The third-order valence-electron chi connectivity index (χ3n) is 2.10. The van der Waals surface area contributed by atoms with Gasteiger partial charge in [-0.3, -0.25) is 0 Å². The first-order valence-corrected chi connectivity index (χ1v) is 4.31. The van der Waals surface area contributed by atoms with Crippen molar-refractivity contribution in [1.29, 1.82) is 0 Å². The van der Waals surface area contributed by atoms with Crippen molar-refractivity contribution in [2.24, 2.45) is 0 Å². The van der Waals surface area contributed by atoms with Gasteiger partial charge in [0, 0.05) is 19.5 Å². The Morgan fingerprint density at radius 2 is 1.71 bits per heavy atom. The van der Waals surface area contributed by atoms with Crippen molar-refractivity contribution >= 4 is 0 Å². The molecule has 0 aliphatic rings. The van der Waals surface area contributed by atoms with Gasteiger partial charge in [0.25, 0.3) is 0 Å². The quantitative estimate of drug-likeness (QED) is 0.711. The minimum Gasteiger partial charge on any atom is -0.440 e. The molecule has 1 aromatic heterocycles. The first-order valence-electron chi connectivity index (χ1n) is 4.31. The molecule has 0 saturated carbocycles. The Hall–Kier alpha value is -0.947. The summed E-state index contributed by atoms with van der Waals surface area (Å²) in [6.07, 6.45) is 0. The van der Waals surface area contributed by atoms with Gasteiger partial charge in [0.15, 0.2) is 0 Å². The largest absolute Gasteiger partial charge is 0.440 e. The maximum absolute atomic E-state index is 4.37. The molecule has 2 rings (SSSR count). The van der Waals surface area contributed by atoms with Crippen LogP contribution in [0.25, 0.3) is 11.4 Å². The van der Waals surface area contributed by atoms with Crippen LogP contribution in [0.2, 0.25) is 0 Å². The zero-order valence-electron chi connectivity index (χ0n) is 8.49.